The van der Waals surface area contributed by atoms with Crippen molar-refractivity contribution in [3.05, 3.63) is 75.0 Å². The third-order valence-corrected chi connectivity index (χ3v) is 3.80. The molecule has 0 unspecified atom stereocenters. The summed E-state index contributed by atoms with van der Waals surface area (Å²) in [5, 5.41) is 22.0. The standard InChI is InChI=1S/C18H15NO6/c1-2-11-7-13-12(8-17(21)25-16(13)9-15(11)20)10-24-18(22)14-5-3-4-6-19(14)23/h3-9,20H,2,10H2,1H3. The number of pyridine rings is 1. The van der Waals surface area contributed by atoms with E-state index < -0.39 is 11.6 Å². The van der Waals surface area contributed by atoms with Gasteiger partial charge in [0.2, 0.25) is 0 Å². The van der Waals surface area contributed by atoms with Crippen molar-refractivity contribution in [3.8, 4) is 5.75 Å². The van der Waals surface area contributed by atoms with Gasteiger partial charge < -0.3 is 19.5 Å². The summed E-state index contributed by atoms with van der Waals surface area (Å²) in [5.41, 5.74) is 0.534. The van der Waals surface area contributed by atoms with E-state index >= 15 is 0 Å². The van der Waals surface area contributed by atoms with Gasteiger partial charge in [-0.25, -0.2) is 9.59 Å². The average Bonchev–Trinajstić information content (AvgIpc) is 2.59. The van der Waals surface area contributed by atoms with Gasteiger partial charge in [0, 0.05) is 35.2 Å². The summed E-state index contributed by atoms with van der Waals surface area (Å²) in [4.78, 5) is 23.7. The van der Waals surface area contributed by atoms with Crippen molar-refractivity contribution in [2.45, 2.75) is 20.0 Å². The van der Waals surface area contributed by atoms with Crippen molar-refractivity contribution < 1.29 is 23.8 Å². The molecule has 2 heterocycles. The molecule has 0 aliphatic heterocycles. The molecule has 2 aromatic heterocycles. The first-order valence-corrected chi connectivity index (χ1v) is 7.63. The number of hydrogen-bond acceptors (Lipinski definition) is 6. The molecule has 0 spiro atoms. The van der Waals surface area contributed by atoms with E-state index in [4.69, 9.17) is 9.15 Å². The van der Waals surface area contributed by atoms with Gasteiger partial charge in [0.1, 0.15) is 17.9 Å². The molecule has 0 aliphatic rings. The lowest BCUT2D eigenvalue weighted by atomic mass is 10.0. The summed E-state index contributed by atoms with van der Waals surface area (Å²) in [6.45, 7) is 1.67. The first-order chi connectivity index (χ1) is 12.0. The van der Waals surface area contributed by atoms with Crippen molar-refractivity contribution in [2.24, 2.45) is 0 Å². The van der Waals surface area contributed by atoms with Crippen LogP contribution in [-0.4, -0.2) is 11.1 Å². The lowest BCUT2D eigenvalue weighted by Crippen LogP contribution is -2.34. The van der Waals surface area contributed by atoms with Crippen molar-refractivity contribution in [2.75, 3.05) is 0 Å². The van der Waals surface area contributed by atoms with Gasteiger partial charge >= 0.3 is 17.3 Å². The number of aryl methyl sites for hydroxylation is 1. The van der Waals surface area contributed by atoms with Crippen LogP contribution >= 0.6 is 0 Å². The number of ether oxygens (including phenoxy) is 1. The van der Waals surface area contributed by atoms with Crippen LogP contribution in [0.1, 0.15) is 28.5 Å². The Kier molecular flexibility index (Phi) is 4.38. The molecule has 0 amide bonds. The number of aromatic hydroxyl groups is 1. The maximum absolute atomic E-state index is 12.1. The van der Waals surface area contributed by atoms with Crippen LogP contribution in [0.5, 0.6) is 5.75 Å². The number of esters is 1. The van der Waals surface area contributed by atoms with Crippen molar-refractivity contribution in [1.29, 1.82) is 0 Å². The Bertz CT molecular complexity index is 1010. The Labute approximate surface area is 142 Å². The zero-order valence-electron chi connectivity index (χ0n) is 13.4. The highest BCUT2D eigenvalue weighted by Gasteiger charge is 2.18. The molecular weight excluding hydrogens is 326 g/mol. The monoisotopic (exact) mass is 341 g/mol. The van der Waals surface area contributed by atoms with Crippen LogP contribution < -0.4 is 10.4 Å². The second-order valence-corrected chi connectivity index (χ2v) is 5.41. The van der Waals surface area contributed by atoms with Gasteiger partial charge in [-0.1, -0.05) is 6.92 Å². The second-order valence-electron chi connectivity index (χ2n) is 5.41. The summed E-state index contributed by atoms with van der Waals surface area (Å²) >= 11 is 0. The topological polar surface area (TPSA) is 104 Å². The predicted molar refractivity (Wildman–Crippen MR) is 88.0 cm³/mol. The van der Waals surface area contributed by atoms with Crippen LogP contribution in [0.15, 0.2) is 51.8 Å². The van der Waals surface area contributed by atoms with E-state index in [-0.39, 0.29) is 23.6 Å². The highest BCUT2D eigenvalue weighted by atomic mass is 16.5. The Morgan fingerprint density at radius 1 is 1.28 bits per heavy atom. The SMILES string of the molecule is CCc1cc2c(COC(=O)c3cccc[n+]3[O-])cc(=O)oc2cc1O. The fraction of sp³-hybridized carbons (Fsp3) is 0.167. The van der Waals surface area contributed by atoms with Crippen LogP contribution in [0, 0.1) is 5.21 Å². The fourth-order valence-corrected chi connectivity index (χ4v) is 2.51. The predicted octanol–water partition coefficient (Wildman–Crippen LogP) is 2.05. The third kappa shape index (κ3) is 3.30. The first-order valence-electron chi connectivity index (χ1n) is 7.63. The highest BCUT2D eigenvalue weighted by Crippen LogP contribution is 2.27. The summed E-state index contributed by atoms with van der Waals surface area (Å²) in [5.74, 6) is -0.768. The van der Waals surface area contributed by atoms with Crippen LogP contribution in [0.4, 0.5) is 0 Å². The smallest absolute Gasteiger partial charge is 0.405 e. The summed E-state index contributed by atoms with van der Waals surface area (Å²) in [6, 6.07) is 8.67. The number of phenols is 1. The molecular formula is C18H15NO6. The first kappa shape index (κ1) is 16.5. The molecule has 3 rings (SSSR count). The Morgan fingerprint density at radius 2 is 2.08 bits per heavy atom. The Morgan fingerprint density at radius 3 is 2.80 bits per heavy atom. The van der Waals surface area contributed by atoms with Gasteiger partial charge in [0.15, 0.2) is 6.20 Å². The molecule has 25 heavy (non-hydrogen) atoms. The molecule has 1 N–H and O–H groups in total. The number of hydrogen-bond donors (Lipinski definition) is 1. The van der Waals surface area contributed by atoms with Gasteiger partial charge in [-0.05, 0) is 24.1 Å². The van der Waals surface area contributed by atoms with Crippen LogP contribution in [0.3, 0.4) is 0 Å². The maximum atomic E-state index is 12.1. The third-order valence-electron chi connectivity index (χ3n) is 3.80. The molecule has 0 atom stereocenters. The molecule has 0 fully saturated rings. The van der Waals surface area contributed by atoms with Gasteiger partial charge in [-0.2, -0.15) is 4.73 Å². The lowest BCUT2D eigenvalue weighted by molar-refractivity contribution is -0.608. The minimum atomic E-state index is -0.800. The van der Waals surface area contributed by atoms with Gasteiger partial charge in [-0.3, -0.25) is 0 Å². The summed E-state index contributed by atoms with van der Waals surface area (Å²) in [6.07, 6.45) is 1.78. The minimum Gasteiger partial charge on any atom is -0.618 e. The van der Waals surface area contributed by atoms with Gasteiger partial charge in [0.25, 0.3) is 0 Å². The number of phenolic OH excluding ortho intramolecular Hbond substituents is 1. The van der Waals surface area contributed by atoms with Gasteiger partial charge in [0.05, 0.1) is 0 Å². The number of carbonyl (C=O) groups is 1. The van der Waals surface area contributed by atoms with Crippen molar-refractivity contribution >= 4 is 16.9 Å². The number of aromatic nitrogens is 1. The van der Waals surface area contributed by atoms with Crippen molar-refractivity contribution in [3.63, 3.8) is 0 Å². The Balaban J connectivity index is 1.94. The zero-order chi connectivity index (χ0) is 18.0. The minimum absolute atomic E-state index is 0.0315. The molecule has 0 aliphatic carbocycles. The molecule has 128 valence electrons. The molecule has 0 bridgehead atoms. The van der Waals surface area contributed by atoms with E-state index in [1.54, 1.807) is 12.1 Å². The summed E-state index contributed by atoms with van der Waals surface area (Å²) < 4.78 is 10.7. The molecule has 7 heteroatoms. The molecule has 0 saturated carbocycles. The number of carbonyl (C=O) groups excluding carboxylic acids is 1. The molecule has 0 saturated heterocycles. The van der Waals surface area contributed by atoms with E-state index in [9.17, 15) is 19.9 Å². The van der Waals surface area contributed by atoms with E-state index in [1.807, 2.05) is 6.92 Å². The summed E-state index contributed by atoms with van der Waals surface area (Å²) in [7, 11) is 0. The van der Waals surface area contributed by atoms with Crippen molar-refractivity contribution in [1.82, 2.24) is 0 Å². The van der Waals surface area contributed by atoms with Crippen LogP contribution in [0.2, 0.25) is 0 Å². The van der Waals surface area contributed by atoms with E-state index in [0.29, 0.717) is 27.7 Å². The van der Waals surface area contributed by atoms with Crippen LogP contribution in [0.25, 0.3) is 11.0 Å². The van der Waals surface area contributed by atoms with Gasteiger partial charge in [-0.15, -0.1) is 0 Å². The largest absolute Gasteiger partial charge is 0.618 e. The highest BCUT2D eigenvalue weighted by molar-refractivity contribution is 5.86. The lowest BCUT2D eigenvalue weighted by Gasteiger charge is -2.09. The zero-order valence-corrected chi connectivity index (χ0v) is 13.4. The maximum Gasteiger partial charge on any atom is 0.405 e. The second kappa shape index (κ2) is 6.64. The Hall–Kier alpha value is -3.35. The normalized spacial score (nSPS) is 10.8. The molecule has 3 aromatic rings. The number of rotatable bonds is 4. The molecule has 7 nitrogen and oxygen atoms in total. The van der Waals surface area contributed by atoms with Crippen LogP contribution in [-0.2, 0) is 17.8 Å². The van der Waals surface area contributed by atoms with E-state index in [2.05, 4.69) is 0 Å². The average molecular weight is 341 g/mol. The fourth-order valence-electron chi connectivity index (χ4n) is 2.51. The van der Waals surface area contributed by atoms with E-state index in [0.717, 1.165) is 0 Å². The number of benzene rings is 1. The number of nitrogens with zero attached hydrogens (tertiary/aromatic N) is 1. The molecule has 0 radical (unpaired) electrons. The molecule has 1 aromatic carbocycles. The van der Waals surface area contributed by atoms with E-state index in [1.165, 1.54) is 30.5 Å². The quantitative estimate of drug-likeness (QED) is 0.337. The number of fused-ring (bicyclic) bond motifs is 1.